The number of nitrogens with zero attached hydrogens (tertiary/aromatic N) is 1. The number of ether oxygens (including phenoxy) is 3. The van der Waals surface area contributed by atoms with E-state index in [4.69, 9.17) is 14.2 Å². The average Bonchev–Trinajstić information content (AvgIpc) is 2.46. The summed E-state index contributed by atoms with van der Waals surface area (Å²) in [5.41, 5.74) is -0.823. The number of methoxy groups -OCH3 is 1. The number of carbonyl (C=O) groups is 1. The van der Waals surface area contributed by atoms with E-state index in [2.05, 4.69) is 0 Å². The van der Waals surface area contributed by atoms with E-state index >= 15 is 0 Å². The van der Waals surface area contributed by atoms with E-state index in [1.807, 2.05) is 0 Å². The molecular formula is C13H16FNO6. The monoisotopic (exact) mass is 301 g/mol. The molecule has 0 amide bonds. The van der Waals surface area contributed by atoms with Crippen molar-refractivity contribution in [2.24, 2.45) is 0 Å². The molecule has 0 heterocycles. The molecule has 0 fully saturated rings. The Bertz CT molecular complexity index is 494. The van der Waals surface area contributed by atoms with E-state index in [1.165, 1.54) is 0 Å². The van der Waals surface area contributed by atoms with E-state index in [1.54, 1.807) is 7.11 Å². The first-order valence-corrected chi connectivity index (χ1v) is 6.24. The minimum Gasteiger partial charge on any atom is -0.462 e. The topological polar surface area (TPSA) is 87.9 Å². The first-order chi connectivity index (χ1) is 10.1. The summed E-state index contributed by atoms with van der Waals surface area (Å²) in [6.07, 6.45) is 0.485. The van der Waals surface area contributed by atoms with Gasteiger partial charge in [-0.3, -0.25) is 10.1 Å². The summed E-state index contributed by atoms with van der Waals surface area (Å²) < 4.78 is 28.0. The fourth-order valence-electron chi connectivity index (χ4n) is 1.43. The molecule has 1 aromatic rings. The standard InChI is InChI=1S/C13H16FNO6/c1-19-7-8-20-5-2-6-21-13(16)10-3-4-11(14)12(9-10)15(17)18/h3-4,9H,2,5-8H2,1H3. The summed E-state index contributed by atoms with van der Waals surface area (Å²) in [7, 11) is 1.56. The van der Waals surface area contributed by atoms with Gasteiger partial charge in [-0.05, 0) is 12.1 Å². The number of carbonyl (C=O) groups excluding carboxylic acids is 1. The van der Waals surface area contributed by atoms with Gasteiger partial charge >= 0.3 is 11.7 Å². The predicted molar refractivity (Wildman–Crippen MR) is 70.6 cm³/mol. The minimum absolute atomic E-state index is 0.0663. The highest BCUT2D eigenvalue weighted by Crippen LogP contribution is 2.19. The zero-order valence-corrected chi connectivity index (χ0v) is 11.5. The van der Waals surface area contributed by atoms with Gasteiger partial charge in [0.1, 0.15) is 0 Å². The fourth-order valence-corrected chi connectivity index (χ4v) is 1.43. The first-order valence-electron chi connectivity index (χ1n) is 6.24. The van der Waals surface area contributed by atoms with Crippen LogP contribution in [0, 0.1) is 15.9 Å². The number of nitro benzene ring substituents is 1. The molecule has 0 saturated heterocycles. The lowest BCUT2D eigenvalue weighted by molar-refractivity contribution is -0.387. The van der Waals surface area contributed by atoms with Gasteiger partial charge in [0.2, 0.25) is 5.82 Å². The van der Waals surface area contributed by atoms with E-state index in [0.717, 1.165) is 18.2 Å². The Kier molecular flexibility index (Phi) is 7.27. The molecule has 0 radical (unpaired) electrons. The Balaban J connectivity index is 2.39. The van der Waals surface area contributed by atoms with Gasteiger partial charge in [0.15, 0.2) is 0 Å². The van der Waals surface area contributed by atoms with E-state index in [0.29, 0.717) is 26.2 Å². The molecule has 0 aromatic heterocycles. The lowest BCUT2D eigenvalue weighted by Crippen LogP contribution is -2.10. The van der Waals surface area contributed by atoms with Crippen molar-refractivity contribution in [3.05, 3.63) is 39.7 Å². The van der Waals surface area contributed by atoms with E-state index < -0.39 is 22.4 Å². The zero-order chi connectivity index (χ0) is 15.7. The normalized spacial score (nSPS) is 10.4. The van der Waals surface area contributed by atoms with Crippen molar-refractivity contribution in [1.29, 1.82) is 0 Å². The van der Waals surface area contributed by atoms with Crippen LogP contribution in [0.5, 0.6) is 0 Å². The van der Waals surface area contributed by atoms with Crippen molar-refractivity contribution < 1.29 is 28.3 Å². The van der Waals surface area contributed by atoms with Crippen molar-refractivity contribution in [3.8, 4) is 0 Å². The lowest BCUT2D eigenvalue weighted by atomic mass is 10.2. The fraction of sp³-hybridized carbons (Fsp3) is 0.462. The third-order valence-corrected chi connectivity index (χ3v) is 2.48. The predicted octanol–water partition coefficient (Wildman–Crippen LogP) is 1.94. The van der Waals surface area contributed by atoms with E-state index in [9.17, 15) is 19.3 Å². The quantitative estimate of drug-likeness (QED) is 0.300. The Morgan fingerprint density at radius 1 is 1.29 bits per heavy atom. The van der Waals surface area contributed by atoms with Crippen molar-refractivity contribution in [2.45, 2.75) is 6.42 Å². The highest BCUT2D eigenvalue weighted by Gasteiger charge is 2.18. The van der Waals surface area contributed by atoms with Crippen LogP contribution in [0.4, 0.5) is 10.1 Å². The van der Waals surface area contributed by atoms with Crippen LogP contribution < -0.4 is 0 Å². The summed E-state index contributed by atoms with van der Waals surface area (Å²) in [6.45, 7) is 1.45. The highest BCUT2D eigenvalue weighted by atomic mass is 19.1. The number of halogens is 1. The summed E-state index contributed by atoms with van der Waals surface area (Å²) in [5, 5.41) is 10.6. The van der Waals surface area contributed by atoms with E-state index in [-0.39, 0.29) is 12.2 Å². The molecule has 0 aliphatic carbocycles. The van der Waals surface area contributed by atoms with Crippen LogP contribution in [0.1, 0.15) is 16.8 Å². The Hall–Kier alpha value is -2.06. The number of rotatable bonds is 9. The molecule has 0 saturated carbocycles. The maximum Gasteiger partial charge on any atom is 0.338 e. The van der Waals surface area contributed by atoms with Crippen LogP contribution in [-0.4, -0.2) is 44.4 Å². The Labute approximate surface area is 120 Å². The third kappa shape index (κ3) is 5.84. The SMILES string of the molecule is COCCOCCCOC(=O)c1ccc(F)c([N+](=O)[O-])c1. The molecule has 8 heteroatoms. The number of esters is 1. The zero-order valence-electron chi connectivity index (χ0n) is 11.5. The Morgan fingerprint density at radius 2 is 2.05 bits per heavy atom. The summed E-state index contributed by atoms with van der Waals surface area (Å²) in [5.74, 6) is -1.74. The van der Waals surface area contributed by atoms with Gasteiger partial charge in [-0.1, -0.05) is 0 Å². The molecule has 0 unspecified atom stereocenters. The first kappa shape index (κ1) is 17.0. The second-order valence-electron chi connectivity index (χ2n) is 4.02. The van der Waals surface area contributed by atoms with Gasteiger partial charge in [0.25, 0.3) is 0 Å². The molecule has 1 aromatic carbocycles. The Morgan fingerprint density at radius 3 is 2.71 bits per heavy atom. The maximum absolute atomic E-state index is 13.1. The average molecular weight is 301 g/mol. The number of hydrogen-bond acceptors (Lipinski definition) is 6. The number of nitro groups is 1. The molecule has 0 bridgehead atoms. The second kappa shape index (κ2) is 8.98. The van der Waals surface area contributed by atoms with Gasteiger partial charge in [0.05, 0.1) is 30.3 Å². The molecule has 0 aliphatic heterocycles. The molecule has 0 N–H and O–H groups in total. The van der Waals surface area contributed by atoms with Gasteiger partial charge in [-0.15, -0.1) is 0 Å². The minimum atomic E-state index is -0.997. The third-order valence-electron chi connectivity index (χ3n) is 2.48. The highest BCUT2D eigenvalue weighted by molar-refractivity contribution is 5.90. The van der Waals surface area contributed by atoms with Crippen LogP contribution in [0.15, 0.2) is 18.2 Å². The molecule has 0 aliphatic rings. The molecule has 21 heavy (non-hydrogen) atoms. The van der Waals surface area contributed by atoms with Gasteiger partial charge < -0.3 is 14.2 Å². The molecular weight excluding hydrogens is 285 g/mol. The van der Waals surface area contributed by atoms with Crippen LogP contribution in [0.2, 0.25) is 0 Å². The molecule has 7 nitrogen and oxygen atoms in total. The van der Waals surface area contributed by atoms with Crippen LogP contribution in [0.25, 0.3) is 0 Å². The van der Waals surface area contributed by atoms with Gasteiger partial charge in [-0.2, -0.15) is 4.39 Å². The van der Waals surface area contributed by atoms with Crippen LogP contribution in [-0.2, 0) is 14.2 Å². The lowest BCUT2D eigenvalue weighted by Gasteiger charge is -2.06. The van der Waals surface area contributed by atoms with Crippen molar-refractivity contribution in [1.82, 2.24) is 0 Å². The number of benzene rings is 1. The van der Waals surface area contributed by atoms with Gasteiger partial charge in [0, 0.05) is 26.2 Å². The largest absolute Gasteiger partial charge is 0.462 e. The smallest absolute Gasteiger partial charge is 0.338 e. The number of hydrogen-bond donors (Lipinski definition) is 0. The molecule has 116 valence electrons. The second-order valence-corrected chi connectivity index (χ2v) is 4.02. The maximum atomic E-state index is 13.1. The van der Waals surface area contributed by atoms with Crippen LogP contribution >= 0.6 is 0 Å². The summed E-state index contributed by atoms with van der Waals surface area (Å²) >= 11 is 0. The molecule has 1 rings (SSSR count). The molecule has 0 atom stereocenters. The van der Waals surface area contributed by atoms with Crippen LogP contribution in [0.3, 0.4) is 0 Å². The van der Waals surface area contributed by atoms with Crippen molar-refractivity contribution in [2.75, 3.05) is 33.5 Å². The summed E-state index contributed by atoms with van der Waals surface area (Å²) in [6, 6.07) is 2.86. The summed E-state index contributed by atoms with van der Waals surface area (Å²) in [4.78, 5) is 21.3. The van der Waals surface area contributed by atoms with Crippen molar-refractivity contribution in [3.63, 3.8) is 0 Å². The van der Waals surface area contributed by atoms with Gasteiger partial charge in [-0.25, -0.2) is 4.79 Å². The van der Waals surface area contributed by atoms with Crippen molar-refractivity contribution >= 4 is 11.7 Å². The molecule has 0 spiro atoms.